The summed E-state index contributed by atoms with van der Waals surface area (Å²) in [6.45, 7) is 9.54. The van der Waals surface area contributed by atoms with Crippen LogP contribution >= 0.6 is 11.6 Å². The molecule has 0 aliphatic rings. The number of benzene rings is 2. The van der Waals surface area contributed by atoms with Gasteiger partial charge in [-0.2, -0.15) is 0 Å². The fraction of sp³-hybridized carbons (Fsp3) is 0.435. The van der Waals surface area contributed by atoms with E-state index in [9.17, 15) is 4.79 Å². The zero-order chi connectivity index (χ0) is 21.3. The average molecular weight is 419 g/mol. The van der Waals surface area contributed by atoms with Crippen molar-refractivity contribution in [1.29, 1.82) is 0 Å². The van der Waals surface area contributed by atoms with E-state index in [1.165, 1.54) is 5.56 Å². The van der Waals surface area contributed by atoms with Crippen molar-refractivity contribution in [2.75, 3.05) is 19.8 Å². The van der Waals surface area contributed by atoms with Crippen LogP contribution in [0.4, 0.5) is 0 Å². The Bertz CT molecular complexity index is 789. The van der Waals surface area contributed by atoms with E-state index in [0.717, 1.165) is 18.5 Å². The molecule has 2 aromatic carbocycles. The molecule has 2 N–H and O–H groups in total. The predicted octanol–water partition coefficient (Wildman–Crippen LogP) is 4.36. The molecule has 0 saturated heterocycles. The van der Waals surface area contributed by atoms with Gasteiger partial charge >= 0.3 is 0 Å². The Kier molecular flexibility index (Phi) is 8.80. The van der Waals surface area contributed by atoms with Crippen LogP contribution in [0, 0.1) is 0 Å². The first-order valence-electron chi connectivity index (χ1n) is 9.92. The summed E-state index contributed by atoms with van der Waals surface area (Å²) >= 11 is 6.44. The summed E-state index contributed by atoms with van der Waals surface area (Å²) in [5, 5.41) is 6.85. The van der Waals surface area contributed by atoms with Gasteiger partial charge in [0.25, 0.3) is 5.91 Å². The topological polar surface area (TPSA) is 59.6 Å². The molecule has 2 aromatic rings. The van der Waals surface area contributed by atoms with Gasteiger partial charge in [0, 0.05) is 23.2 Å². The highest BCUT2D eigenvalue weighted by Crippen LogP contribution is 2.33. The normalized spacial score (nSPS) is 11.2. The van der Waals surface area contributed by atoms with Crippen LogP contribution in [0.2, 0.25) is 5.02 Å². The second-order valence-corrected chi connectivity index (χ2v) is 8.23. The third-order valence-corrected chi connectivity index (χ3v) is 4.39. The maximum Gasteiger partial charge on any atom is 0.258 e. The van der Waals surface area contributed by atoms with Crippen molar-refractivity contribution in [2.45, 2.75) is 46.2 Å². The molecule has 0 unspecified atom stereocenters. The van der Waals surface area contributed by atoms with E-state index >= 15 is 0 Å². The van der Waals surface area contributed by atoms with Crippen molar-refractivity contribution in [3.05, 3.63) is 58.6 Å². The lowest BCUT2D eigenvalue weighted by molar-refractivity contribution is -0.124. The second-order valence-electron chi connectivity index (χ2n) is 7.82. The number of amides is 1. The third kappa shape index (κ3) is 8.34. The highest BCUT2D eigenvalue weighted by molar-refractivity contribution is 6.31. The lowest BCUT2D eigenvalue weighted by atomic mass is 10.1. The molecule has 0 atom stereocenters. The lowest BCUT2D eigenvalue weighted by Crippen LogP contribution is -2.43. The van der Waals surface area contributed by atoms with Crippen LogP contribution in [0.25, 0.3) is 0 Å². The number of ether oxygens (including phenoxy) is 2. The number of halogens is 1. The molecule has 0 heterocycles. The molecule has 158 valence electrons. The Morgan fingerprint density at radius 1 is 1.07 bits per heavy atom. The molecular formula is C23H31ClN2O3. The summed E-state index contributed by atoms with van der Waals surface area (Å²) in [5.74, 6) is 0.858. The summed E-state index contributed by atoms with van der Waals surface area (Å²) in [6, 6.07) is 13.9. The first-order chi connectivity index (χ1) is 13.8. The molecule has 0 fully saturated rings. The predicted molar refractivity (Wildman–Crippen MR) is 118 cm³/mol. The van der Waals surface area contributed by atoms with Crippen LogP contribution in [0.15, 0.2) is 42.5 Å². The zero-order valence-electron chi connectivity index (χ0n) is 17.7. The molecule has 1 amide bonds. The summed E-state index contributed by atoms with van der Waals surface area (Å²) < 4.78 is 11.4. The Morgan fingerprint density at radius 3 is 2.41 bits per heavy atom. The van der Waals surface area contributed by atoms with Crippen LogP contribution in [-0.4, -0.2) is 31.2 Å². The van der Waals surface area contributed by atoms with Crippen molar-refractivity contribution in [3.8, 4) is 11.5 Å². The van der Waals surface area contributed by atoms with Gasteiger partial charge in [-0.1, -0.05) is 41.9 Å². The van der Waals surface area contributed by atoms with Crippen molar-refractivity contribution in [3.63, 3.8) is 0 Å². The Labute approximate surface area is 178 Å². The fourth-order valence-electron chi connectivity index (χ4n) is 2.79. The average Bonchev–Trinajstić information content (AvgIpc) is 2.65. The standard InChI is InChI=1S/C23H31ClN2O3/c1-5-28-20-13-18(15-25-12-11-17-9-7-6-8-10-17)19(24)14-21(20)29-16-22(27)26-23(2,3)4/h6-10,13-14,25H,5,11-12,15-16H2,1-4H3,(H,26,27). The Balaban J connectivity index is 1.96. The molecule has 0 saturated carbocycles. The van der Waals surface area contributed by atoms with Crippen LogP contribution in [0.3, 0.4) is 0 Å². The van der Waals surface area contributed by atoms with Crippen LogP contribution < -0.4 is 20.1 Å². The van der Waals surface area contributed by atoms with Crippen molar-refractivity contribution in [2.24, 2.45) is 0 Å². The number of hydrogen-bond donors (Lipinski definition) is 2. The van der Waals surface area contributed by atoms with Crippen LogP contribution in [0.5, 0.6) is 11.5 Å². The second kappa shape index (κ2) is 11.1. The minimum absolute atomic E-state index is 0.0949. The van der Waals surface area contributed by atoms with Crippen LogP contribution in [0.1, 0.15) is 38.8 Å². The molecule has 0 aliphatic heterocycles. The summed E-state index contributed by atoms with van der Waals surface area (Å²) in [5.41, 5.74) is 1.91. The van der Waals surface area contributed by atoms with Crippen molar-refractivity contribution < 1.29 is 14.3 Å². The number of rotatable bonds is 10. The molecule has 0 spiro atoms. The van der Waals surface area contributed by atoms with Gasteiger partial charge in [0.1, 0.15) is 0 Å². The smallest absolute Gasteiger partial charge is 0.258 e. The van der Waals surface area contributed by atoms with Gasteiger partial charge in [0.2, 0.25) is 0 Å². The summed E-state index contributed by atoms with van der Waals surface area (Å²) in [6.07, 6.45) is 0.945. The van der Waals surface area contributed by atoms with Gasteiger partial charge in [0.05, 0.1) is 6.61 Å². The molecule has 0 radical (unpaired) electrons. The largest absolute Gasteiger partial charge is 0.490 e. The van der Waals surface area contributed by atoms with Crippen LogP contribution in [-0.2, 0) is 17.8 Å². The van der Waals surface area contributed by atoms with E-state index in [2.05, 4.69) is 22.8 Å². The highest BCUT2D eigenvalue weighted by atomic mass is 35.5. The number of carbonyl (C=O) groups is 1. The highest BCUT2D eigenvalue weighted by Gasteiger charge is 2.16. The van der Waals surface area contributed by atoms with E-state index in [4.69, 9.17) is 21.1 Å². The van der Waals surface area contributed by atoms with E-state index in [-0.39, 0.29) is 18.1 Å². The van der Waals surface area contributed by atoms with Crippen molar-refractivity contribution >= 4 is 17.5 Å². The van der Waals surface area contributed by atoms with E-state index in [0.29, 0.717) is 29.7 Å². The molecular weight excluding hydrogens is 388 g/mol. The first-order valence-corrected chi connectivity index (χ1v) is 10.3. The number of nitrogens with one attached hydrogen (secondary N) is 2. The Morgan fingerprint density at radius 2 is 1.76 bits per heavy atom. The Hall–Kier alpha value is -2.24. The maximum atomic E-state index is 12.0. The minimum Gasteiger partial charge on any atom is -0.490 e. The quantitative estimate of drug-likeness (QED) is 0.562. The number of carbonyl (C=O) groups excluding carboxylic acids is 1. The summed E-state index contributed by atoms with van der Waals surface area (Å²) in [4.78, 5) is 12.0. The molecule has 5 nitrogen and oxygen atoms in total. The lowest BCUT2D eigenvalue weighted by Gasteiger charge is -2.21. The van der Waals surface area contributed by atoms with E-state index in [1.807, 2.05) is 52.0 Å². The summed E-state index contributed by atoms with van der Waals surface area (Å²) in [7, 11) is 0. The first kappa shape index (κ1) is 23.0. The van der Waals surface area contributed by atoms with Gasteiger partial charge in [-0.05, 0) is 57.9 Å². The fourth-order valence-corrected chi connectivity index (χ4v) is 3.01. The van der Waals surface area contributed by atoms with E-state index in [1.54, 1.807) is 6.07 Å². The SMILES string of the molecule is CCOc1cc(CNCCc2ccccc2)c(Cl)cc1OCC(=O)NC(C)(C)C. The maximum absolute atomic E-state index is 12.0. The van der Waals surface area contributed by atoms with E-state index < -0.39 is 0 Å². The number of hydrogen-bond acceptors (Lipinski definition) is 4. The molecule has 6 heteroatoms. The third-order valence-electron chi connectivity index (χ3n) is 4.03. The molecule has 0 aliphatic carbocycles. The zero-order valence-corrected chi connectivity index (χ0v) is 18.4. The monoisotopic (exact) mass is 418 g/mol. The molecule has 2 rings (SSSR count). The van der Waals surface area contributed by atoms with Gasteiger partial charge < -0.3 is 20.1 Å². The molecule has 0 aromatic heterocycles. The van der Waals surface area contributed by atoms with Gasteiger partial charge in [-0.3, -0.25) is 4.79 Å². The minimum atomic E-state index is -0.309. The molecule has 0 bridgehead atoms. The van der Waals surface area contributed by atoms with Gasteiger partial charge in [0.15, 0.2) is 18.1 Å². The van der Waals surface area contributed by atoms with Gasteiger partial charge in [-0.25, -0.2) is 0 Å². The van der Waals surface area contributed by atoms with Gasteiger partial charge in [-0.15, -0.1) is 0 Å². The molecule has 29 heavy (non-hydrogen) atoms. The van der Waals surface area contributed by atoms with Crippen molar-refractivity contribution in [1.82, 2.24) is 10.6 Å².